The van der Waals surface area contributed by atoms with Gasteiger partial charge in [0.05, 0.1) is 12.1 Å². The minimum Gasteiger partial charge on any atom is -0.392 e. The molecule has 3 rings (SSSR count). The van der Waals surface area contributed by atoms with E-state index in [0.29, 0.717) is 5.89 Å². The van der Waals surface area contributed by atoms with Gasteiger partial charge in [-0.3, -0.25) is 5.32 Å². The lowest BCUT2D eigenvalue weighted by atomic mass is 9.75. The number of aliphatic hydroxyl groups excluding tert-OH is 1. The van der Waals surface area contributed by atoms with Crippen molar-refractivity contribution in [3.8, 4) is 0 Å². The Balaban J connectivity index is 1.80. The lowest BCUT2D eigenvalue weighted by Crippen LogP contribution is -2.49. The first-order valence-electron chi connectivity index (χ1n) is 7.41. The summed E-state index contributed by atoms with van der Waals surface area (Å²) < 4.78 is 5.14. The normalized spacial score (nSPS) is 18.2. The van der Waals surface area contributed by atoms with E-state index in [1.54, 1.807) is 0 Å². The monoisotopic (exact) mass is 287 g/mol. The van der Waals surface area contributed by atoms with Crippen LogP contribution in [-0.2, 0) is 12.1 Å². The largest absolute Gasteiger partial charge is 0.392 e. The van der Waals surface area contributed by atoms with Gasteiger partial charge < -0.3 is 9.63 Å². The second-order valence-corrected chi connectivity index (χ2v) is 5.84. The average Bonchev–Trinajstić information content (AvgIpc) is 2.89. The highest BCUT2D eigenvalue weighted by Crippen LogP contribution is 2.41. The standard InChI is InChI=1S/C16H21N3O2/c1-11(14-6-3-5-13(9-14)10-20)18-16(7-4-8-16)15-17-12(2)21-19-15/h3,5-6,9,11,18,20H,4,7-8,10H2,1-2H3. The molecule has 5 heteroatoms. The Morgan fingerprint density at radius 1 is 1.43 bits per heavy atom. The summed E-state index contributed by atoms with van der Waals surface area (Å²) in [6.45, 7) is 4.01. The van der Waals surface area contributed by atoms with Crippen LogP contribution in [-0.4, -0.2) is 15.2 Å². The average molecular weight is 287 g/mol. The van der Waals surface area contributed by atoms with E-state index in [4.69, 9.17) is 4.52 Å². The highest BCUT2D eigenvalue weighted by molar-refractivity contribution is 5.26. The molecule has 112 valence electrons. The van der Waals surface area contributed by atoms with Crippen LogP contribution >= 0.6 is 0 Å². The van der Waals surface area contributed by atoms with Crippen molar-refractivity contribution in [1.29, 1.82) is 0 Å². The SMILES string of the molecule is Cc1nc(C2(NC(C)c3cccc(CO)c3)CCC2)no1. The summed E-state index contributed by atoms with van der Waals surface area (Å²) in [4.78, 5) is 4.41. The van der Waals surface area contributed by atoms with Gasteiger partial charge in [0.1, 0.15) is 0 Å². The minimum atomic E-state index is -0.174. The van der Waals surface area contributed by atoms with Crippen LogP contribution in [0.4, 0.5) is 0 Å². The van der Waals surface area contributed by atoms with Gasteiger partial charge in [-0.25, -0.2) is 0 Å². The van der Waals surface area contributed by atoms with Crippen LogP contribution in [0.25, 0.3) is 0 Å². The summed E-state index contributed by atoms with van der Waals surface area (Å²) in [7, 11) is 0. The molecule has 1 fully saturated rings. The molecule has 0 radical (unpaired) electrons. The Labute approximate surface area is 124 Å². The van der Waals surface area contributed by atoms with E-state index >= 15 is 0 Å². The molecule has 0 amide bonds. The number of nitrogens with one attached hydrogen (secondary N) is 1. The maximum Gasteiger partial charge on any atom is 0.223 e. The van der Waals surface area contributed by atoms with Crippen LogP contribution in [0, 0.1) is 6.92 Å². The first-order chi connectivity index (χ1) is 10.1. The highest BCUT2D eigenvalue weighted by atomic mass is 16.5. The zero-order valence-electron chi connectivity index (χ0n) is 12.5. The Kier molecular flexibility index (Phi) is 3.78. The first-order valence-corrected chi connectivity index (χ1v) is 7.41. The predicted molar refractivity (Wildman–Crippen MR) is 78.5 cm³/mol. The number of hydrogen-bond donors (Lipinski definition) is 2. The molecule has 0 aliphatic heterocycles. The predicted octanol–water partition coefficient (Wildman–Crippen LogP) is 2.60. The van der Waals surface area contributed by atoms with Crippen molar-refractivity contribution in [2.24, 2.45) is 0 Å². The molecular formula is C16H21N3O2. The fraction of sp³-hybridized carbons (Fsp3) is 0.500. The second kappa shape index (κ2) is 5.58. The number of aromatic nitrogens is 2. The van der Waals surface area contributed by atoms with E-state index in [-0.39, 0.29) is 18.2 Å². The Morgan fingerprint density at radius 2 is 2.24 bits per heavy atom. The van der Waals surface area contributed by atoms with Crippen molar-refractivity contribution < 1.29 is 9.63 Å². The van der Waals surface area contributed by atoms with Gasteiger partial charge in [-0.1, -0.05) is 29.4 Å². The van der Waals surface area contributed by atoms with Crippen LogP contribution in [0.15, 0.2) is 28.8 Å². The summed E-state index contributed by atoms with van der Waals surface area (Å²) in [6, 6.07) is 8.18. The van der Waals surface area contributed by atoms with E-state index in [1.807, 2.05) is 25.1 Å². The smallest absolute Gasteiger partial charge is 0.223 e. The molecule has 5 nitrogen and oxygen atoms in total. The Bertz CT molecular complexity index is 619. The van der Waals surface area contributed by atoms with Crippen molar-refractivity contribution in [3.63, 3.8) is 0 Å². The van der Waals surface area contributed by atoms with Gasteiger partial charge in [0.2, 0.25) is 5.89 Å². The van der Waals surface area contributed by atoms with E-state index in [2.05, 4.69) is 28.4 Å². The molecule has 1 unspecified atom stereocenters. The van der Waals surface area contributed by atoms with Crippen LogP contribution in [0.2, 0.25) is 0 Å². The number of aryl methyl sites for hydroxylation is 1. The second-order valence-electron chi connectivity index (χ2n) is 5.84. The molecule has 0 spiro atoms. The first kappa shape index (κ1) is 14.2. The van der Waals surface area contributed by atoms with Crippen LogP contribution < -0.4 is 5.32 Å². The Hall–Kier alpha value is -1.72. The quantitative estimate of drug-likeness (QED) is 0.884. The van der Waals surface area contributed by atoms with Crippen molar-refractivity contribution in [3.05, 3.63) is 47.1 Å². The fourth-order valence-electron chi connectivity index (χ4n) is 2.92. The molecule has 1 aromatic carbocycles. The van der Waals surface area contributed by atoms with E-state index in [0.717, 1.165) is 29.8 Å². The topological polar surface area (TPSA) is 71.2 Å². The van der Waals surface area contributed by atoms with Crippen LogP contribution in [0.3, 0.4) is 0 Å². The van der Waals surface area contributed by atoms with Crippen molar-refractivity contribution in [1.82, 2.24) is 15.5 Å². The van der Waals surface area contributed by atoms with Gasteiger partial charge in [0.25, 0.3) is 0 Å². The third kappa shape index (κ3) is 2.71. The molecule has 1 heterocycles. The summed E-state index contributed by atoms with van der Waals surface area (Å²) in [5.74, 6) is 1.37. The molecule has 2 aromatic rings. The third-order valence-corrected chi connectivity index (χ3v) is 4.29. The number of aliphatic hydroxyl groups is 1. The van der Waals surface area contributed by atoms with Crippen LogP contribution in [0.5, 0.6) is 0 Å². The highest BCUT2D eigenvalue weighted by Gasteiger charge is 2.43. The molecule has 1 aliphatic rings. The third-order valence-electron chi connectivity index (χ3n) is 4.29. The number of benzene rings is 1. The summed E-state index contributed by atoms with van der Waals surface area (Å²) in [6.07, 6.45) is 3.22. The molecule has 0 saturated heterocycles. The molecule has 1 saturated carbocycles. The molecule has 2 N–H and O–H groups in total. The summed E-state index contributed by atoms with van der Waals surface area (Å²) >= 11 is 0. The minimum absolute atomic E-state index is 0.0652. The molecule has 0 bridgehead atoms. The zero-order chi connectivity index (χ0) is 14.9. The van der Waals surface area contributed by atoms with E-state index < -0.39 is 0 Å². The van der Waals surface area contributed by atoms with Crippen LogP contribution in [0.1, 0.15) is 55.1 Å². The summed E-state index contributed by atoms with van der Waals surface area (Å²) in [5.41, 5.74) is 1.92. The van der Waals surface area contributed by atoms with Gasteiger partial charge in [-0.2, -0.15) is 4.98 Å². The van der Waals surface area contributed by atoms with Crippen molar-refractivity contribution >= 4 is 0 Å². The molecule has 1 aliphatic carbocycles. The number of hydrogen-bond acceptors (Lipinski definition) is 5. The lowest BCUT2D eigenvalue weighted by Gasteiger charge is -2.42. The number of rotatable bonds is 5. The fourth-order valence-corrected chi connectivity index (χ4v) is 2.92. The summed E-state index contributed by atoms with van der Waals surface area (Å²) in [5, 5.41) is 17.0. The van der Waals surface area contributed by atoms with Crippen molar-refractivity contribution in [2.45, 2.75) is 51.3 Å². The van der Waals surface area contributed by atoms with E-state index in [9.17, 15) is 5.11 Å². The van der Waals surface area contributed by atoms with Gasteiger partial charge in [-0.05, 0) is 37.3 Å². The lowest BCUT2D eigenvalue weighted by molar-refractivity contribution is 0.150. The molecule has 1 aromatic heterocycles. The van der Waals surface area contributed by atoms with Gasteiger partial charge >= 0.3 is 0 Å². The zero-order valence-corrected chi connectivity index (χ0v) is 12.5. The van der Waals surface area contributed by atoms with Crippen molar-refractivity contribution in [2.75, 3.05) is 0 Å². The number of nitrogens with zero attached hydrogens (tertiary/aromatic N) is 2. The van der Waals surface area contributed by atoms with Gasteiger partial charge in [0.15, 0.2) is 5.82 Å². The molecular weight excluding hydrogens is 266 g/mol. The molecule has 21 heavy (non-hydrogen) atoms. The maximum absolute atomic E-state index is 9.26. The maximum atomic E-state index is 9.26. The molecule has 1 atom stereocenters. The van der Waals surface area contributed by atoms with Gasteiger partial charge in [0, 0.05) is 13.0 Å². The van der Waals surface area contributed by atoms with Gasteiger partial charge in [-0.15, -0.1) is 0 Å². The van der Waals surface area contributed by atoms with E-state index in [1.165, 1.54) is 6.42 Å². The Morgan fingerprint density at radius 3 is 2.81 bits per heavy atom.